The Bertz CT molecular complexity index is 846. The van der Waals surface area contributed by atoms with E-state index in [0.717, 1.165) is 11.6 Å². The lowest BCUT2D eigenvalue weighted by Gasteiger charge is -2.03. The molecule has 0 fully saturated rings. The largest absolute Gasteiger partial charge is 0.508 e. The number of nitriles is 1. The SMILES string of the molecule is N#Cc1c(O)cccc1/C=C(\O)C(=O)N/C=C/c1ccc(O)cc1. The van der Waals surface area contributed by atoms with Crippen LogP contribution in [0.25, 0.3) is 12.2 Å². The van der Waals surface area contributed by atoms with Gasteiger partial charge in [0.25, 0.3) is 5.91 Å². The lowest BCUT2D eigenvalue weighted by atomic mass is 10.1. The summed E-state index contributed by atoms with van der Waals surface area (Å²) in [6, 6.07) is 12.5. The molecule has 0 bridgehead atoms. The van der Waals surface area contributed by atoms with Crippen LogP contribution < -0.4 is 5.32 Å². The first kappa shape index (κ1) is 16.6. The van der Waals surface area contributed by atoms with Gasteiger partial charge >= 0.3 is 0 Å². The van der Waals surface area contributed by atoms with Crippen molar-refractivity contribution in [2.45, 2.75) is 0 Å². The lowest BCUT2D eigenvalue weighted by Crippen LogP contribution is -2.18. The van der Waals surface area contributed by atoms with Crippen LogP contribution in [0.15, 0.2) is 54.4 Å². The van der Waals surface area contributed by atoms with Gasteiger partial charge in [0.05, 0.1) is 0 Å². The van der Waals surface area contributed by atoms with Gasteiger partial charge in [0.15, 0.2) is 5.76 Å². The second-order valence-electron chi connectivity index (χ2n) is 4.78. The topological polar surface area (TPSA) is 114 Å². The highest BCUT2D eigenvalue weighted by Gasteiger charge is 2.09. The van der Waals surface area contributed by atoms with Crippen molar-refractivity contribution in [3.63, 3.8) is 0 Å². The van der Waals surface area contributed by atoms with E-state index in [1.807, 2.05) is 0 Å². The molecular formula is C18H14N2O4. The molecule has 6 nitrogen and oxygen atoms in total. The maximum atomic E-state index is 11.8. The molecule has 120 valence electrons. The number of hydrogen-bond acceptors (Lipinski definition) is 5. The predicted octanol–water partition coefficient (Wildman–Crippen LogP) is 2.66. The number of benzene rings is 2. The van der Waals surface area contributed by atoms with Crippen molar-refractivity contribution < 1.29 is 20.1 Å². The molecule has 1 amide bonds. The smallest absolute Gasteiger partial charge is 0.290 e. The maximum Gasteiger partial charge on any atom is 0.290 e. The fourth-order valence-electron chi connectivity index (χ4n) is 1.89. The van der Waals surface area contributed by atoms with Crippen LogP contribution in [0.1, 0.15) is 16.7 Å². The number of carbonyl (C=O) groups is 1. The normalized spacial score (nSPS) is 11.2. The molecule has 0 radical (unpaired) electrons. The van der Waals surface area contributed by atoms with Crippen LogP contribution in [0.5, 0.6) is 11.5 Å². The molecule has 0 unspecified atom stereocenters. The average Bonchev–Trinajstić information content (AvgIpc) is 2.56. The predicted molar refractivity (Wildman–Crippen MR) is 88.7 cm³/mol. The number of nitrogens with one attached hydrogen (secondary N) is 1. The van der Waals surface area contributed by atoms with Crippen molar-refractivity contribution in [1.29, 1.82) is 5.26 Å². The Balaban J connectivity index is 2.08. The summed E-state index contributed by atoms with van der Waals surface area (Å²) in [7, 11) is 0. The molecule has 0 aliphatic carbocycles. The summed E-state index contributed by atoms with van der Waals surface area (Å²) in [6.45, 7) is 0. The van der Waals surface area contributed by atoms with Gasteiger partial charge in [-0.1, -0.05) is 24.3 Å². The molecule has 0 aliphatic rings. The van der Waals surface area contributed by atoms with Crippen LogP contribution in [0.2, 0.25) is 0 Å². The van der Waals surface area contributed by atoms with Crippen LogP contribution >= 0.6 is 0 Å². The number of nitrogens with zero attached hydrogens (tertiary/aromatic N) is 1. The van der Waals surface area contributed by atoms with E-state index in [1.54, 1.807) is 24.3 Å². The number of aliphatic hydroxyl groups excluding tert-OH is 1. The highest BCUT2D eigenvalue weighted by molar-refractivity contribution is 5.96. The minimum Gasteiger partial charge on any atom is -0.508 e. The number of aliphatic hydroxyl groups is 1. The molecule has 0 heterocycles. The lowest BCUT2D eigenvalue weighted by molar-refractivity contribution is -0.118. The number of rotatable bonds is 4. The molecule has 0 saturated carbocycles. The van der Waals surface area contributed by atoms with Crippen LogP contribution in [-0.2, 0) is 4.79 Å². The van der Waals surface area contributed by atoms with Gasteiger partial charge in [-0.15, -0.1) is 0 Å². The zero-order chi connectivity index (χ0) is 17.5. The van der Waals surface area contributed by atoms with Crippen molar-refractivity contribution >= 4 is 18.1 Å². The Hall–Kier alpha value is -3.72. The van der Waals surface area contributed by atoms with E-state index in [0.29, 0.717) is 0 Å². The molecule has 0 saturated heterocycles. The summed E-state index contributed by atoms with van der Waals surface area (Å²) in [5.41, 5.74) is 0.945. The first-order valence-corrected chi connectivity index (χ1v) is 6.90. The molecule has 4 N–H and O–H groups in total. The standard InChI is InChI=1S/C18H14N2O4/c19-11-15-13(2-1-3-16(15)22)10-17(23)18(24)20-9-8-12-4-6-14(21)7-5-12/h1-10,21-23H,(H,20,24)/b9-8+,17-10-. The van der Waals surface area contributed by atoms with Crippen LogP contribution in [0.4, 0.5) is 0 Å². The second kappa shape index (κ2) is 7.51. The van der Waals surface area contributed by atoms with Gasteiger partial charge in [-0.25, -0.2) is 0 Å². The van der Waals surface area contributed by atoms with Crippen molar-refractivity contribution in [2.24, 2.45) is 0 Å². The zero-order valence-electron chi connectivity index (χ0n) is 12.5. The van der Waals surface area contributed by atoms with Gasteiger partial charge in [0.1, 0.15) is 23.1 Å². The molecule has 6 heteroatoms. The quantitative estimate of drug-likeness (QED) is 0.510. The summed E-state index contributed by atoms with van der Waals surface area (Å²) in [6.07, 6.45) is 4.02. The Morgan fingerprint density at radius 3 is 2.50 bits per heavy atom. The molecule has 0 atom stereocenters. The van der Waals surface area contributed by atoms with Crippen LogP contribution in [0.3, 0.4) is 0 Å². The van der Waals surface area contributed by atoms with Crippen molar-refractivity contribution in [3.8, 4) is 17.6 Å². The second-order valence-corrected chi connectivity index (χ2v) is 4.78. The van der Waals surface area contributed by atoms with E-state index < -0.39 is 11.7 Å². The maximum absolute atomic E-state index is 11.8. The van der Waals surface area contributed by atoms with Gasteiger partial charge in [-0.05, 0) is 41.5 Å². The molecule has 0 aromatic heterocycles. The van der Waals surface area contributed by atoms with Gasteiger partial charge in [0.2, 0.25) is 0 Å². The van der Waals surface area contributed by atoms with E-state index in [4.69, 9.17) is 5.26 Å². The summed E-state index contributed by atoms with van der Waals surface area (Å²) >= 11 is 0. The first-order valence-electron chi connectivity index (χ1n) is 6.90. The third-order valence-electron chi connectivity index (χ3n) is 3.09. The highest BCUT2D eigenvalue weighted by atomic mass is 16.3. The Kier molecular flexibility index (Phi) is 5.21. The number of amides is 1. The number of aromatic hydroxyl groups is 2. The molecule has 2 aromatic rings. The molecule has 0 aliphatic heterocycles. The van der Waals surface area contributed by atoms with E-state index in [2.05, 4.69) is 5.32 Å². The summed E-state index contributed by atoms with van der Waals surface area (Å²) in [5, 5.41) is 39.9. The summed E-state index contributed by atoms with van der Waals surface area (Å²) < 4.78 is 0. The minimum absolute atomic E-state index is 0.0310. The van der Waals surface area contributed by atoms with Crippen LogP contribution in [0, 0.1) is 11.3 Å². The Morgan fingerprint density at radius 2 is 1.83 bits per heavy atom. The fraction of sp³-hybridized carbons (Fsp3) is 0. The van der Waals surface area contributed by atoms with Gasteiger partial charge in [-0.2, -0.15) is 5.26 Å². The van der Waals surface area contributed by atoms with E-state index in [1.165, 1.54) is 36.5 Å². The average molecular weight is 322 g/mol. The zero-order valence-corrected chi connectivity index (χ0v) is 12.5. The van der Waals surface area contributed by atoms with E-state index in [-0.39, 0.29) is 22.6 Å². The van der Waals surface area contributed by atoms with Crippen molar-refractivity contribution in [2.75, 3.05) is 0 Å². The highest BCUT2D eigenvalue weighted by Crippen LogP contribution is 2.21. The molecule has 24 heavy (non-hydrogen) atoms. The van der Waals surface area contributed by atoms with Crippen molar-refractivity contribution in [1.82, 2.24) is 5.32 Å². The van der Waals surface area contributed by atoms with E-state index in [9.17, 15) is 20.1 Å². The minimum atomic E-state index is -0.766. The van der Waals surface area contributed by atoms with Gasteiger partial charge in [-0.3, -0.25) is 4.79 Å². The number of phenolic OH excluding ortho intramolecular Hbond substituents is 2. The van der Waals surface area contributed by atoms with E-state index >= 15 is 0 Å². The summed E-state index contributed by atoms with van der Waals surface area (Å²) in [5.74, 6) is -1.47. The Labute approximate surface area is 138 Å². The molecule has 0 spiro atoms. The van der Waals surface area contributed by atoms with Crippen molar-refractivity contribution in [3.05, 3.63) is 71.1 Å². The summed E-state index contributed by atoms with van der Waals surface area (Å²) in [4.78, 5) is 11.8. The Morgan fingerprint density at radius 1 is 1.12 bits per heavy atom. The van der Waals surface area contributed by atoms with Crippen LogP contribution in [-0.4, -0.2) is 21.2 Å². The molecule has 2 rings (SSSR count). The van der Waals surface area contributed by atoms with Gasteiger partial charge in [0, 0.05) is 6.20 Å². The first-order chi connectivity index (χ1) is 11.5. The number of hydrogen-bond donors (Lipinski definition) is 4. The van der Waals surface area contributed by atoms with Gasteiger partial charge < -0.3 is 20.6 Å². The third-order valence-corrected chi connectivity index (χ3v) is 3.09. The number of phenols is 2. The third kappa shape index (κ3) is 4.15. The molecule has 2 aromatic carbocycles. The number of carbonyl (C=O) groups excluding carboxylic acids is 1. The fourth-order valence-corrected chi connectivity index (χ4v) is 1.89. The monoisotopic (exact) mass is 322 g/mol. The molecular weight excluding hydrogens is 308 g/mol.